The summed E-state index contributed by atoms with van der Waals surface area (Å²) in [4.78, 5) is 31.6. The number of aromatic nitrogens is 4. The highest BCUT2D eigenvalue weighted by atomic mass is 32.2. The molecule has 40 heavy (non-hydrogen) atoms. The standard InChI is InChI=1S/C31H25N5O2S2/c37-26(34(21-12-4-1-5-13-21)22-14-6-2-7-15-22)20-39-31-33-32-30-35(23-16-8-3-9-17-23)28(38)27-24-18-10-11-19-25(24)40-29(27)36(30)31/h1-9,12-17H,10-11,18-20H2. The number of rotatable bonds is 6. The number of fused-ring (bicyclic) bond motifs is 5. The van der Waals surface area contributed by atoms with Crippen molar-refractivity contribution in [1.29, 1.82) is 0 Å². The van der Waals surface area contributed by atoms with E-state index in [-0.39, 0.29) is 17.2 Å². The van der Waals surface area contributed by atoms with E-state index >= 15 is 0 Å². The zero-order chi connectivity index (χ0) is 27.1. The Morgan fingerprint density at radius 2 is 1.48 bits per heavy atom. The fourth-order valence-corrected chi connectivity index (χ4v) is 7.62. The molecule has 0 fully saturated rings. The molecule has 0 bridgehead atoms. The summed E-state index contributed by atoms with van der Waals surface area (Å²) < 4.78 is 3.63. The maximum atomic E-state index is 14.0. The van der Waals surface area contributed by atoms with Gasteiger partial charge in [-0.3, -0.25) is 14.5 Å². The second kappa shape index (κ2) is 10.4. The molecular formula is C31H25N5O2S2. The van der Waals surface area contributed by atoms with E-state index in [9.17, 15) is 9.59 Å². The van der Waals surface area contributed by atoms with E-state index in [0.29, 0.717) is 10.9 Å². The number of carbonyl (C=O) groups excluding carboxylic acids is 1. The molecule has 1 aliphatic rings. The number of thioether (sulfide) groups is 1. The number of thiophene rings is 1. The average molecular weight is 564 g/mol. The van der Waals surface area contributed by atoms with Gasteiger partial charge in [0.25, 0.3) is 5.56 Å². The number of para-hydroxylation sites is 3. The third-order valence-corrected chi connectivity index (χ3v) is 9.40. The maximum absolute atomic E-state index is 14.0. The SMILES string of the molecule is O=C(CSc1nnc2n(-c3ccccc3)c(=O)c3c4c(sc3n12)CCCC4)N(c1ccccc1)c1ccccc1. The van der Waals surface area contributed by atoms with Gasteiger partial charge in [-0.25, -0.2) is 8.97 Å². The zero-order valence-electron chi connectivity index (χ0n) is 21.6. The molecule has 3 heterocycles. The predicted octanol–water partition coefficient (Wildman–Crippen LogP) is 6.43. The number of hydrogen-bond donors (Lipinski definition) is 0. The Morgan fingerprint density at radius 1 is 0.850 bits per heavy atom. The van der Waals surface area contributed by atoms with Gasteiger partial charge in [0.1, 0.15) is 4.83 Å². The summed E-state index contributed by atoms with van der Waals surface area (Å²) in [6.45, 7) is 0. The van der Waals surface area contributed by atoms with Crippen LogP contribution in [0.2, 0.25) is 0 Å². The second-order valence-corrected chi connectivity index (χ2v) is 11.7. The van der Waals surface area contributed by atoms with E-state index in [1.165, 1.54) is 16.6 Å². The molecule has 1 aliphatic carbocycles. The van der Waals surface area contributed by atoms with Crippen LogP contribution in [-0.2, 0) is 17.6 Å². The van der Waals surface area contributed by atoms with Crippen LogP contribution >= 0.6 is 23.1 Å². The summed E-state index contributed by atoms with van der Waals surface area (Å²) in [5, 5.41) is 10.3. The van der Waals surface area contributed by atoms with Crippen molar-refractivity contribution in [1.82, 2.24) is 19.2 Å². The van der Waals surface area contributed by atoms with Crippen LogP contribution in [0.3, 0.4) is 0 Å². The van der Waals surface area contributed by atoms with Gasteiger partial charge in [-0.05, 0) is 67.6 Å². The molecule has 0 saturated carbocycles. The lowest BCUT2D eigenvalue weighted by molar-refractivity contribution is -0.115. The van der Waals surface area contributed by atoms with Crippen LogP contribution in [0.5, 0.6) is 0 Å². The Bertz CT molecular complexity index is 1860. The van der Waals surface area contributed by atoms with Crippen LogP contribution in [0.1, 0.15) is 23.3 Å². The quantitative estimate of drug-likeness (QED) is 0.218. The minimum atomic E-state index is -0.0720. The first-order valence-electron chi connectivity index (χ1n) is 13.3. The fraction of sp³-hybridized carbons (Fsp3) is 0.161. The molecule has 0 unspecified atom stereocenters. The minimum Gasteiger partial charge on any atom is -0.280 e. The number of amides is 1. The number of nitrogens with zero attached hydrogens (tertiary/aromatic N) is 5. The zero-order valence-corrected chi connectivity index (χ0v) is 23.2. The lowest BCUT2D eigenvalue weighted by atomic mass is 9.97. The van der Waals surface area contributed by atoms with Gasteiger partial charge < -0.3 is 0 Å². The van der Waals surface area contributed by atoms with Gasteiger partial charge in [0, 0.05) is 16.3 Å². The molecule has 6 aromatic rings. The molecule has 3 aromatic heterocycles. The van der Waals surface area contributed by atoms with Crippen LogP contribution in [0.15, 0.2) is 101 Å². The molecule has 3 aromatic carbocycles. The smallest absolute Gasteiger partial charge is 0.268 e. The number of hydrogen-bond acceptors (Lipinski definition) is 6. The van der Waals surface area contributed by atoms with Crippen molar-refractivity contribution in [3.8, 4) is 5.69 Å². The molecular weight excluding hydrogens is 539 g/mol. The Morgan fingerprint density at radius 3 is 2.15 bits per heavy atom. The predicted molar refractivity (Wildman–Crippen MR) is 161 cm³/mol. The Labute approximate surface area is 238 Å². The van der Waals surface area contributed by atoms with Crippen molar-refractivity contribution in [2.24, 2.45) is 0 Å². The lowest BCUT2D eigenvalue weighted by Crippen LogP contribution is -2.27. The van der Waals surface area contributed by atoms with Gasteiger partial charge in [-0.1, -0.05) is 66.4 Å². The van der Waals surface area contributed by atoms with Crippen LogP contribution in [-0.4, -0.2) is 30.8 Å². The van der Waals surface area contributed by atoms with Gasteiger partial charge in [0.05, 0.1) is 16.8 Å². The molecule has 7 nitrogen and oxygen atoms in total. The van der Waals surface area contributed by atoms with Crippen molar-refractivity contribution in [2.75, 3.05) is 10.7 Å². The monoisotopic (exact) mass is 563 g/mol. The molecule has 0 atom stereocenters. The number of benzene rings is 3. The van der Waals surface area contributed by atoms with Crippen molar-refractivity contribution < 1.29 is 4.79 Å². The molecule has 0 aliphatic heterocycles. The van der Waals surface area contributed by atoms with Gasteiger partial charge in [-0.15, -0.1) is 21.5 Å². The van der Waals surface area contributed by atoms with Gasteiger partial charge >= 0.3 is 0 Å². The largest absolute Gasteiger partial charge is 0.280 e. The van der Waals surface area contributed by atoms with Crippen LogP contribution < -0.4 is 10.5 Å². The van der Waals surface area contributed by atoms with Crippen LogP contribution in [0.4, 0.5) is 11.4 Å². The normalized spacial score (nSPS) is 13.0. The van der Waals surface area contributed by atoms with E-state index in [0.717, 1.165) is 58.5 Å². The summed E-state index contributed by atoms with van der Waals surface area (Å²) >= 11 is 3.00. The summed E-state index contributed by atoms with van der Waals surface area (Å²) in [5.41, 5.74) is 3.44. The summed E-state index contributed by atoms with van der Waals surface area (Å²) in [6.07, 6.45) is 4.09. The molecule has 0 N–H and O–H groups in total. The Hall–Kier alpha value is -4.21. The summed E-state index contributed by atoms with van der Waals surface area (Å²) in [6, 6.07) is 28.9. The average Bonchev–Trinajstić information content (AvgIpc) is 3.60. The van der Waals surface area contributed by atoms with Crippen molar-refractivity contribution >= 4 is 56.4 Å². The topological polar surface area (TPSA) is 72.5 Å². The Balaban J connectivity index is 1.33. The van der Waals surface area contributed by atoms with E-state index in [2.05, 4.69) is 10.2 Å². The van der Waals surface area contributed by atoms with Crippen molar-refractivity contribution in [3.05, 3.63) is 112 Å². The minimum absolute atomic E-state index is 0.0625. The first kappa shape index (κ1) is 24.8. The fourth-order valence-electron chi connectivity index (χ4n) is 5.40. The Kier molecular flexibility index (Phi) is 6.45. The molecule has 9 heteroatoms. The maximum Gasteiger partial charge on any atom is 0.268 e. The molecule has 0 radical (unpaired) electrons. The molecule has 0 saturated heterocycles. The molecule has 0 spiro atoms. The molecule has 198 valence electrons. The van der Waals surface area contributed by atoms with Gasteiger partial charge in [0.2, 0.25) is 11.7 Å². The lowest BCUT2D eigenvalue weighted by Gasteiger charge is -2.22. The summed E-state index contributed by atoms with van der Waals surface area (Å²) in [7, 11) is 0. The van der Waals surface area contributed by atoms with E-state index in [1.807, 2.05) is 95.4 Å². The summed E-state index contributed by atoms with van der Waals surface area (Å²) in [5.74, 6) is 0.541. The highest BCUT2D eigenvalue weighted by Crippen LogP contribution is 2.37. The first-order chi connectivity index (χ1) is 19.7. The van der Waals surface area contributed by atoms with Crippen LogP contribution in [0.25, 0.3) is 21.7 Å². The van der Waals surface area contributed by atoms with Crippen LogP contribution in [0, 0.1) is 0 Å². The van der Waals surface area contributed by atoms with Crippen molar-refractivity contribution in [2.45, 2.75) is 30.8 Å². The first-order valence-corrected chi connectivity index (χ1v) is 15.1. The van der Waals surface area contributed by atoms with E-state index < -0.39 is 0 Å². The molecule has 7 rings (SSSR count). The highest BCUT2D eigenvalue weighted by Gasteiger charge is 2.26. The number of anilines is 2. The van der Waals surface area contributed by atoms with Gasteiger partial charge in [-0.2, -0.15) is 0 Å². The van der Waals surface area contributed by atoms with E-state index in [1.54, 1.807) is 20.8 Å². The van der Waals surface area contributed by atoms with Crippen molar-refractivity contribution in [3.63, 3.8) is 0 Å². The van der Waals surface area contributed by atoms with E-state index in [4.69, 9.17) is 0 Å². The third kappa shape index (κ3) is 4.22. The third-order valence-electron chi connectivity index (χ3n) is 7.21. The number of aryl methyl sites for hydroxylation is 2. The molecule has 1 amide bonds. The van der Waals surface area contributed by atoms with Gasteiger partial charge in [0.15, 0.2) is 5.16 Å². The highest BCUT2D eigenvalue weighted by molar-refractivity contribution is 7.99. The number of carbonyl (C=O) groups is 1. The second-order valence-electron chi connectivity index (χ2n) is 9.67.